The van der Waals surface area contributed by atoms with Crippen LogP contribution in [-0.4, -0.2) is 23.9 Å². The van der Waals surface area contributed by atoms with Crippen molar-refractivity contribution in [3.63, 3.8) is 0 Å². The molecule has 58 heavy (non-hydrogen) atoms. The van der Waals surface area contributed by atoms with E-state index in [1.54, 1.807) is 0 Å². The highest BCUT2D eigenvalue weighted by molar-refractivity contribution is 6.37. The summed E-state index contributed by atoms with van der Waals surface area (Å²) < 4.78 is 5.01. The molecule has 0 bridgehead atoms. The molecule has 0 N–H and O–H groups in total. The number of hydrogen-bond donors (Lipinski definition) is 0. The standard InChI is InChI=1S/C53H31N5/c1-3-13-34(14-4-1)51-54-52(35-15-5-2-6-16-35)56-53(55-51)37-19-11-18-36(31-37)38-20-7-9-22-41(38)57-44-29-27-33-26-25-32-17-12-24-43-46(32)47(33)48(44)49-45(57)30-28-40-39-21-8-10-23-42(39)58(43)50(40)49/h1-31H. The molecule has 0 radical (unpaired) electrons. The Morgan fingerprint density at radius 3 is 1.69 bits per heavy atom. The smallest absolute Gasteiger partial charge is 0.164 e. The normalized spacial score (nSPS) is 12.1. The van der Waals surface area contributed by atoms with E-state index in [2.05, 4.69) is 136 Å². The molecule has 0 fully saturated rings. The fraction of sp³-hybridized carbons (Fsp3) is 0. The summed E-state index contributed by atoms with van der Waals surface area (Å²) in [5.41, 5.74) is 12.3. The van der Waals surface area contributed by atoms with E-state index in [0.29, 0.717) is 17.5 Å². The lowest BCUT2D eigenvalue weighted by Crippen LogP contribution is -2.00. The summed E-state index contributed by atoms with van der Waals surface area (Å²) in [6.45, 7) is 0. The molecule has 5 heteroatoms. The monoisotopic (exact) mass is 737 g/mol. The second-order valence-electron chi connectivity index (χ2n) is 15.2. The zero-order chi connectivity index (χ0) is 37.9. The van der Waals surface area contributed by atoms with Crippen molar-refractivity contribution in [3.8, 4) is 51.0 Å². The Labute approximate surface area is 332 Å². The van der Waals surface area contributed by atoms with Gasteiger partial charge in [0.2, 0.25) is 0 Å². The van der Waals surface area contributed by atoms with Crippen LogP contribution >= 0.6 is 0 Å². The van der Waals surface area contributed by atoms with Gasteiger partial charge >= 0.3 is 0 Å². The van der Waals surface area contributed by atoms with Crippen LogP contribution in [0.25, 0.3) is 122 Å². The van der Waals surface area contributed by atoms with Gasteiger partial charge in [0.05, 0.1) is 33.3 Å². The van der Waals surface area contributed by atoms with Crippen molar-refractivity contribution in [2.24, 2.45) is 0 Å². The number of nitrogens with zero attached hydrogens (tertiary/aromatic N) is 5. The quantitative estimate of drug-likeness (QED) is 0.165. The van der Waals surface area contributed by atoms with Crippen LogP contribution in [0.4, 0.5) is 0 Å². The average Bonchev–Trinajstić information content (AvgIpc) is 3.77. The zero-order valence-corrected chi connectivity index (χ0v) is 31.1. The molecule has 0 aliphatic rings. The Kier molecular flexibility index (Phi) is 6.38. The highest BCUT2D eigenvalue weighted by atomic mass is 15.0. The minimum Gasteiger partial charge on any atom is -0.309 e. The SMILES string of the molecule is c1ccc(-c2nc(-c3ccccc3)nc(-c3cccc(-c4ccccc4-n4c5ccc6ccc7cccc8c7c6c5c5c4ccc4c6ccccc6n8c45)c3)n2)cc1. The molecule has 0 saturated heterocycles. The first-order chi connectivity index (χ1) is 28.8. The summed E-state index contributed by atoms with van der Waals surface area (Å²) in [6.07, 6.45) is 0. The molecule has 13 aromatic rings. The Morgan fingerprint density at radius 2 is 0.897 bits per heavy atom. The van der Waals surface area contributed by atoms with Crippen molar-refractivity contribution >= 4 is 70.7 Å². The van der Waals surface area contributed by atoms with Crippen molar-refractivity contribution in [1.82, 2.24) is 23.9 Å². The van der Waals surface area contributed by atoms with E-state index in [-0.39, 0.29) is 0 Å². The van der Waals surface area contributed by atoms with E-state index in [0.717, 1.165) is 33.5 Å². The first kappa shape index (κ1) is 31.3. The topological polar surface area (TPSA) is 48.0 Å². The van der Waals surface area contributed by atoms with Crippen LogP contribution in [-0.2, 0) is 0 Å². The molecule has 0 amide bonds. The Bertz CT molecular complexity index is 3670. The van der Waals surface area contributed by atoms with Crippen molar-refractivity contribution in [2.75, 3.05) is 0 Å². The molecule has 0 atom stereocenters. The Balaban J connectivity index is 1.08. The van der Waals surface area contributed by atoms with Crippen LogP contribution in [0, 0.1) is 0 Å². The lowest BCUT2D eigenvalue weighted by atomic mass is 9.97. The summed E-state index contributed by atoms with van der Waals surface area (Å²) in [5.74, 6) is 1.93. The van der Waals surface area contributed by atoms with E-state index < -0.39 is 0 Å². The van der Waals surface area contributed by atoms with Gasteiger partial charge in [0, 0.05) is 54.6 Å². The molecule has 0 spiro atoms. The van der Waals surface area contributed by atoms with E-state index in [9.17, 15) is 0 Å². The molecule has 0 unspecified atom stereocenters. The van der Waals surface area contributed by atoms with Crippen molar-refractivity contribution in [2.45, 2.75) is 0 Å². The van der Waals surface area contributed by atoms with Gasteiger partial charge in [0.1, 0.15) is 0 Å². The molecule has 4 heterocycles. The van der Waals surface area contributed by atoms with Gasteiger partial charge in [-0.2, -0.15) is 0 Å². The molecule has 13 rings (SSSR count). The second-order valence-corrected chi connectivity index (χ2v) is 15.2. The van der Waals surface area contributed by atoms with Crippen LogP contribution < -0.4 is 0 Å². The van der Waals surface area contributed by atoms with Gasteiger partial charge in [-0.3, -0.25) is 0 Å². The maximum atomic E-state index is 5.06. The van der Waals surface area contributed by atoms with Crippen molar-refractivity contribution in [3.05, 3.63) is 188 Å². The number of benzene rings is 9. The summed E-state index contributed by atoms with van der Waals surface area (Å²) in [7, 11) is 0. The fourth-order valence-electron chi connectivity index (χ4n) is 9.59. The van der Waals surface area contributed by atoms with Gasteiger partial charge < -0.3 is 8.97 Å². The highest BCUT2D eigenvalue weighted by Gasteiger charge is 2.25. The molecular weight excluding hydrogens is 707 g/mol. The lowest BCUT2D eigenvalue weighted by molar-refractivity contribution is 1.07. The molecule has 4 aromatic heterocycles. The first-order valence-electron chi connectivity index (χ1n) is 19.7. The summed E-state index contributed by atoms with van der Waals surface area (Å²) in [4.78, 5) is 15.1. The third-order valence-corrected chi connectivity index (χ3v) is 12.0. The molecular formula is C53H31N5. The summed E-state index contributed by atoms with van der Waals surface area (Å²) in [5, 5.41) is 10.2. The van der Waals surface area contributed by atoms with E-state index >= 15 is 0 Å². The molecule has 0 aliphatic carbocycles. The molecule has 5 nitrogen and oxygen atoms in total. The van der Waals surface area contributed by atoms with Gasteiger partial charge in [-0.15, -0.1) is 0 Å². The number of hydrogen-bond acceptors (Lipinski definition) is 3. The molecule has 0 saturated carbocycles. The van der Waals surface area contributed by atoms with Crippen LogP contribution in [0.15, 0.2) is 188 Å². The first-order valence-corrected chi connectivity index (χ1v) is 19.7. The van der Waals surface area contributed by atoms with E-state index in [1.165, 1.54) is 70.7 Å². The van der Waals surface area contributed by atoms with E-state index in [4.69, 9.17) is 15.0 Å². The average molecular weight is 738 g/mol. The minimum absolute atomic E-state index is 0.635. The van der Waals surface area contributed by atoms with Gasteiger partial charge in [0.15, 0.2) is 17.5 Å². The fourth-order valence-corrected chi connectivity index (χ4v) is 9.59. The Hall–Kier alpha value is -7.89. The number of fused-ring (bicyclic) bond motifs is 4. The third kappa shape index (κ3) is 4.33. The molecule has 9 aromatic carbocycles. The van der Waals surface area contributed by atoms with Gasteiger partial charge in [-0.05, 0) is 52.7 Å². The third-order valence-electron chi connectivity index (χ3n) is 12.0. The highest BCUT2D eigenvalue weighted by Crippen LogP contribution is 2.48. The second kappa shape index (κ2) is 11.8. The van der Waals surface area contributed by atoms with Crippen LogP contribution in [0.3, 0.4) is 0 Å². The van der Waals surface area contributed by atoms with Crippen LogP contribution in [0.2, 0.25) is 0 Å². The zero-order valence-electron chi connectivity index (χ0n) is 31.1. The maximum Gasteiger partial charge on any atom is 0.164 e. The molecule has 0 aliphatic heterocycles. The minimum atomic E-state index is 0.635. The predicted octanol–water partition coefficient (Wildman–Crippen LogP) is 13.4. The summed E-state index contributed by atoms with van der Waals surface area (Å²) in [6, 6.07) is 67.2. The van der Waals surface area contributed by atoms with Crippen LogP contribution in [0.1, 0.15) is 0 Å². The van der Waals surface area contributed by atoms with E-state index in [1.807, 2.05) is 60.7 Å². The number of rotatable bonds is 5. The van der Waals surface area contributed by atoms with Crippen molar-refractivity contribution < 1.29 is 0 Å². The largest absolute Gasteiger partial charge is 0.309 e. The van der Waals surface area contributed by atoms with Crippen LogP contribution in [0.5, 0.6) is 0 Å². The number of aromatic nitrogens is 5. The van der Waals surface area contributed by atoms with Crippen molar-refractivity contribution in [1.29, 1.82) is 0 Å². The number of para-hydroxylation sites is 2. The van der Waals surface area contributed by atoms with Gasteiger partial charge in [-0.25, -0.2) is 15.0 Å². The lowest BCUT2D eigenvalue weighted by Gasteiger charge is -2.16. The maximum absolute atomic E-state index is 5.06. The summed E-state index contributed by atoms with van der Waals surface area (Å²) >= 11 is 0. The van der Waals surface area contributed by atoms with Gasteiger partial charge in [0.25, 0.3) is 0 Å². The molecule has 268 valence electrons. The Morgan fingerprint density at radius 1 is 0.328 bits per heavy atom. The van der Waals surface area contributed by atoms with Gasteiger partial charge in [-0.1, -0.05) is 152 Å². The predicted molar refractivity (Wildman–Crippen MR) is 239 cm³/mol.